The molecule has 1 N–H and O–H groups in total. The van der Waals surface area contributed by atoms with Crippen molar-refractivity contribution in [3.63, 3.8) is 0 Å². The lowest BCUT2D eigenvalue weighted by atomic mass is 9.81. The second-order valence-electron chi connectivity index (χ2n) is 5.95. The van der Waals surface area contributed by atoms with Gasteiger partial charge in [-0.1, -0.05) is 13.0 Å². The maximum Gasteiger partial charge on any atom is 0.412 e. The monoisotopic (exact) mass is 275 g/mol. The molecule has 2 aliphatic heterocycles. The lowest BCUT2D eigenvalue weighted by molar-refractivity contribution is 0.203. The Kier molecular flexibility index (Phi) is 2.90. The van der Waals surface area contributed by atoms with Crippen molar-refractivity contribution in [3.8, 4) is 5.75 Å². The number of carbonyl (C=O) groups excluding carboxylic acids is 1. The number of carbonyl (C=O) groups is 1. The number of amides is 1. The molecule has 5 heteroatoms. The van der Waals surface area contributed by atoms with Crippen molar-refractivity contribution >= 4 is 11.8 Å². The third kappa shape index (κ3) is 1.69. The van der Waals surface area contributed by atoms with Crippen LogP contribution in [0.4, 0.5) is 10.5 Å². The van der Waals surface area contributed by atoms with Crippen molar-refractivity contribution < 1.29 is 9.53 Å². The first-order chi connectivity index (χ1) is 9.47. The summed E-state index contributed by atoms with van der Waals surface area (Å²) in [4.78, 5) is 16.0. The van der Waals surface area contributed by atoms with Crippen LogP contribution in [0.2, 0.25) is 0 Å². The Morgan fingerprint density at radius 3 is 2.90 bits per heavy atom. The minimum atomic E-state index is -0.436. The van der Waals surface area contributed by atoms with Crippen molar-refractivity contribution in [2.24, 2.45) is 0 Å². The average molecular weight is 275 g/mol. The van der Waals surface area contributed by atoms with Gasteiger partial charge in [0.2, 0.25) is 0 Å². The van der Waals surface area contributed by atoms with Crippen molar-refractivity contribution in [1.29, 1.82) is 0 Å². The average Bonchev–Trinajstić information content (AvgIpc) is 2.84. The molecule has 0 unspecified atom stereocenters. The summed E-state index contributed by atoms with van der Waals surface area (Å²) in [5.74, 6) is 0.584. The Labute approximate surface area is 119 Å². The zero-order chi connectivity index (χ0) is 14.5. The first-order valence-electron chi connectivity index (χ1n) is 6.94. The maximum absolute atomic E-state index is 11.3. The Bertz CT molecular complexity index is 560. The summed E-state index contributed by atoms with van der Waals surface area (Å²) in [5.41, 5.74) is 2.66. The van der Waals surface area contributed by atoms with Gasteiger partial charge in [-0.15, -0.1) is 0 Å². The van der Waals surface area contributed by atoms with Gasteiger partial charge in [0.25, 0.3) is 0 Å². The smallest absolute Gasteiger partial charge is 0.410 e. The van der Waals surface area contributed by atoms with Gasteiger partial charge in [-0.05, 0) is 25.1 Å². The highest BCUT2D eigenvalue weighted by molar-refractivity contribution is 5.72. The summed E-state index contributed by atoms with van der Waals surface area (Å²) in [6.07, 6.45) is 1.10. The fraction of sp³-hybridized carbons (Fsp3) is 0.533. The van der Waals surface area contributed by atoms with Crippen LogP contribution in [-0.4, -0.2) is 44.8 Å². The second kappa shape index (κ2) is 4.38. The number of hydrogen-bond acceptors (Lipinski definition) is 4. The van der Waals surface area contributed by atoms with E-state index in [1.54, 1.807) is 7.05 Å². The normalized spacial score (nSPS) is 28.2. The van der Waals surface area contributed by atoms with E-state index in [0.29, 0.717) is 11.9 Å². The van der Waals surface area contributed by atoms with Crippen LogP contribution in [0.3, 0.4) is 0 Å². The first kappa shape index (κ1) is 13.2. The summed E-state index contributed by atoms with van der Waals surface area (Å²) >= 11 is 0. The quantitative estimate of drug-likeness (QED) is 0.848. The van der Waals surface area contributed by atoms with Crippen molar-refractivity contribution in [2.75, 3.05) is 32.6 Å². The molecule has 1 saturated heterocycles. The molecule has 3 rings (SSSR count). The highest BCUT2D eigenvalue weighted by Crippen LogP contribution is 2.51. The van der Waals surface area contributed by atoms with Gasteiger partial charge in [0.15, 0.2) is 0 Å². The third-order valence-electron chi connectivity index (χ3n) is 4.72. The maximum atomic E-state index is 11.3. The van der Waals surface area contributed by atoms with E-state index < -0.39 is 6.09 Å². The first-order valence-corrected chi connectivity index (χ1v) is 6.94. The molecule has 2 aliphatic rings. The summed E-state index contributed by atoms with van der Waals surface area (Å²) in [5, 5.41) is 2.46. The van der Waals surface area contributed by atoms with Crippen LogP contribution in [0.15, 0.2) is 18.2 Å². The molecule has 1 aromatic carbocycles. The zero-order valence-electron chi connectivity index (χ0n) is 12.4. The number of likely N-dealkylation sites (N-methyl/N-ethyl adjacent to an activating group) is 2. The van der Waals surface area contributed by atoms with Crippen LogP contribution in [0, 0.1) is 0 Å². The van der Waals surface area contributed by atoms with E-state index in [4.69, 9.17) is 4.74 Å². The zero-order valence-corrected chi connectivity index (χ0v) is 12.4. The molecule has 2 atom stereocenters. The molecule has 0 aromatic heterocycles. The molecule has 0 aliphatic carbocycles. The van der Waals surface area contributed by atoms with E-state index >= 15 is 0 Å². The molecule has 0 saturated carbocycles. The lowest BCUT2D eigenvalue weighted by Crippen LogP contribution is -2.45. The Morgan fingerprint density at radius 2 is 2.20 bits per heavy atom. The number of fused-ring (bicyclic) bond motifs is 3. The number of nitrogens with one attached hydrogen (secondary N) is 1. The Balaban J connectivity index is 1.98. The van der Waals surface area contributed by atoms with Gasteiger partial charge in [-0.2, -0.15) is 0 Å². The molecule has 1 fully saturated rings. The lowest BCUT2D eigenvalue weighted by Gasteiger charge is -2.32. The van der Waals surface area contributed by atoms with Gasteiger partial charge in [0.05, 0.1) is 6.17 Å². The summed E-state index contributed by atoms with van der Waals surface area (Å²) < 4.78 is 5.23. The van der Waals surface area contributed by atoms with Crippen molar-refractivity contribution in [3.05, 3.63) is 23.8 Å². The predicted octanol–water partition coefficient (Wildman–Crippen LogP) is 1.77. The number of rotatable bonds is 1. The van der Waals surface area contributed by atoms with Gasteiger partial charge < -0.3 is 15.0 Å². The van der Waals surface area contributed by atoms with E-state index in [1.165, 1.54) is 5.56 Å². The number of likely N-dealkylation sites (tertiary alicyclic amines) is 1. The topological polar surface area (TPSA) is 44.8 Å². The van der Waals surface area contributed by atoms with E-state index in [2.05, 4.69) is 42.2 Å². The fourth-order valence-electron chi connectivity index (χ4n) is 3.78. The molecule has 0 bridgehead atoms. The van der Waals surface area contributed by atoms with Crippen molar-refractivity contribution in [1.82, 2.24) is 10.2 Å². The second-order valence-corrected chi connectivity index (χ2v) is 5.95. The summed E-state index contributed by atoms with van der Waals surface area (Å²) in [6, 6.07) is 5.94. The molecule has 2 heterocycles. The van der Waals surface area contributed by atoms with Gasteiger partial charge in [-0.25, -0.2) is 4.79 Å². The molecule has 0 spiro atoms. The Morgan fingerprint density at radius 1 is 1.45 bits per heavy atom. The number of benzene rings is 1. The molecule has 5 nitrogen and oxygen atoms in total. The third-order valence-corrected chi connectivity index (χ3v) is 4.72. The molecular formula is C15H21N3O2. The minimum Gasteiger partial charge on any atom is -0.410 e. The van der Waals surface area contributed by atoms with E-state index in [-0.39, 0.29) is 5.41 Å². The number of hydrogen-bond donors (Lipinski definition) is 1. The Hall–Kier alpha value is -1.75. The molecule has 1 amide bonds. The van der Waals surface area contributed by atoms with Gasteiger partial charge in [0, 0.05) is 37.8 Å². The van der Waals surface area contributed by atoms with E-state index in [9.17, 15) is 4.79 Å². The SMILES string of the molecule is CNC(=O)Oc1ccc2c(c1)N(C)[C@H]1N(C)CC[C@@]21C. The number of anilines is 1. The van der Waals surface area contributed by atoms with Gasteiger partial charge in [0.1, 0.15) is 5.75 Å². The molecule has 0 radical (unpaired) electrons. The van der Waals surface area contributed by atoms with Gasteiger partial charge >= 0.3 is 6.09 Å². The van der Waals surface area contributed by atoms with Crippen molar-refractivity contribution in [2.45, 2.75) is 24.9 Å². The summed E-state index contributed by atoms with van der Waals surface area (Å²) in [6.45, 7) is 3.43. The van der Waals surface area contributed by atoms with Crippen LogP contribution in [-0.2, 0) is 5.41 Å². The highest BCUT2D eigenvalue weighted by Gasteiger charge is 2.52. The minimum absolute atomic E-state index is 0.157. The number of nitrogens with zero attached hydrogens (tertiary/aromatic N) is 2. The summed E-state index contributed by atoms with van der Waals surface area (Å²) in [7, 11) is 5.84. The number of ether oxygens (including phenoxy) is 1. The van der Waals surface area contributed by atoms with Crippen LogP contribution >= 0.6 is 0 Å². The molecular weight excluding hydrogens is 254 g/mol. The fourth-order valence-corrected chi connectivity index (χ4v) is 3.78. The van der Waals surface area contributed by atoms with Crippen LogP contribution in [0.5, 0.6) is 5.75 Å². The van der Waals surface area contributed by atoms with E-state index in [0.717, 1.165) is 18.7 Å². The van der Waals surface area contributed by atoms with Crippen LogP contribution in [0.25, 0.3) is 0 Å². The van der Waals surface area contributed by atoms with Crippen LogP contribution < -0.4 is 15.0 Å². The standard InChI is InChI=1S/C15H21N3O2/c1-15-7-8-17(3)13(15)18(4)12-9-10(5-6-11(12)15)20-14(19)16-2/h5-6,9,13H,7-8H2,1-4H3,(H,16,19)/t13-,15+/m1/s1. The predicted molar refractivity (Wildman–Crippen MR) is 78.3 cm³/mol. The van der Waals surface area contributed by atoms with Gasteiger partial charge in [-0.3, -0.25) is 4.90 Å². The van der Waals surface area contributed by atoms with E-state index in [1.807, 2.05) is 12.1 Å². The molecule has 108 valence electrons. The molecule has 1 aromatic rings. The largest absolute Gasteiger partial charge is 0.412 e. The van der Waals surface area contributed by atoms with Crippen LogP contribution in [0.1, 0.15) is 18.9 Å². The molecule has 20 heavy (non-hydrogen) atoms. The highest BCUT2D eigenvalue weighted by atomic mass is 16.5.